The molecule has 1 unspecified atom stereocenters. The van der Waals surface area contributed by atoms with E-state index in [0.717, 1.165) is 32.7 Å². The van der Waals surface area contributed by atoms with Gasteiger partial charge in [-0.2, -0.15) is 0 Å². The first-order valence-electron chi connectivity index (χ1n) is 6.32. The molecule has 0 aromatic carbocycles. The summed E-state index contributed by atoms with van der Waals surface area (Å²) in [7, 11) is 1.69. The molecule has 4 heteroatoms. The lowest BCUT2D eigenvalue weighted by molar-refractivity contribution is 0.0164. The average molecular weight is 231 g/mol. The second kappa shape index (κ2) is 10.0. The van der Waals surface area contributed by atoms with E-state index in [4.69, 9.17) is 14.2 Å². The van der Waals surface area contributed by atoms with E-state index in [1.54, 1.807) is 7.11 Å². The molecule has 1 N–H and O–H groups in total. The summed E-state index contributed by atoms with van der Waals surface area (Å²) in [5.41, 5.74) is 0. The van der Waals surface area contributed by atoms with E-state index < -0.39 is 0 Å². The molecule has 1 aliphatic rings. The van der Waals surface area contributed by atoms with E-state index in [-0.39, 0.29) is 0 Å². The summed E-state index contributed by atoms with van der Waals surface area (Å²) in [5.74, 6) is 0. The monoisotopic (exact) mass is 231 g/mol. The Bertz CT molecular complexity index is 149. The van der Waals surface area contributed by atoms with E-state index in [0.29, 0.717) is 19.3 Å². The van der Waals surface area contributed by atoms with Crippen molar-refractivity contribution in [1.29, 1.82) is 0 Å². The van der Waals surface area contributed by atoms with Gasteiger partial charge in [0.05, 0.1) is 19.3 Å². The SMILES string of the molecule is COCCOCCCNCC1CCCCO1. The van der Waals surface area contributed by atoms with E-state index in [1.165, 1.54) is 19.3 Å². The Kier molecular flexibility index (Phi) is 8.71. The van der Waals surface area contributed by atoms with Gasteiger partial charge in [-0.3, -0.25) is 0 Å². The maximum atomic E-state index is 5.63. The van der Waals surface area contributed by atoms with Crippen molar-refractivity contribution in [2.24, 2.45) is 0 Å². The minimum absolute atomic E-state index is 0.433. The molecule has 0 aromatic heterocycles. The number of rotatable bonds is 9. The smallest absolute Gasteiger partial charge is 0.0700 e. The molecular weight excluding hydrogens is 206 g/mol. The van der Waals surface area contributed by atoms with Crippen LogP contribution in [0.1, 0.15) is 25.7 Å². The zero-order valence-electron chi connectivity index (χ0n) is 10.4. The third kappa shape index (κ3) is 7.17. The lowest BCUT2D eigenvalue weighted by Crippen LogP contribution is -2.32. The summed E-state index contributed by atoms with van der Waals surface area (Å²) < 4.78 is 15.9. The lowest BCUT2D eigenvalue weighted by atomic mass is 10.1. The van der Waals surface area contributed by atoms with E-state index >= 15 is 0 Å². The number of nitrogens with one attached hydrogen (secondary N) is 1. The normalized spacial score (nSPS) is 21.2. The molecule has 1 aliphatic heterocycles. The quantitative estimate of drug-likeness (QED) is 0.605. The molecule has 1 heterocycles. The number of hydrogen-bond donors (Lipinski definition) is 1. The van der Waals surface area contributed by atoms with Crippen LogP contribution >= 0.6 is 0 Å². The van der Waals surface area contributed by atoms with Crippen LogP contribution in [0.5, 0.6) is 0 Å². The third-order valence-corrected chi connectivity index (χ3v) is 2.72. The topological polar surface area (TPSA) is 39.7 Å². The fourth-order valence-corrected chi connectivity index (χ4v) is 1.77. The van der Waals surface area contributed by atoms with Gasteiger partial charge in [-0.25, -0.2) is 0 Å². The van der Waals surface area contributed by atoms with Crippen molar-refractivity contribution < 1.29 is 14.2 Å². The number of hydrogen-bond acceptors (Lipinski definition) is 4. The fraction of sp³-hybridized carbons (Fsp3) is 1.00. The van der Waals surface area contributed by atoms with Crippen LogP contribution in [0.2, 0.25) is 0 Å². The minimum atomic E-state index is 0.433. The molecule has 0 aromatic rings. The van der Waals surface area contributed by atoms with Gasteiger partial charge in [-0.05, 0) is 32.2 Å². The Morgan fingerprint density at radius 3 is 2.94 bits per heavy atom. The van der Waals surface area contributed by atoms with Crippen molar-refractivity contribution in [2.75, 3.05) is 46.6 Å². The highest BCUT2D eigenvalue weighted by atomic mass is 16.5. The summed E-state index contributed by atoms with van der Waals surface area (Å²) in [4.78, 5) is 0. The highest BCUT2D eigenvalue weighted by Crippen LogP contribution is 2.11. The van der Waals surface area contributed by atoms with Crippen LogP contribution in [-0.2, 0) is 14.2 Å². The van der Waals surface area contributed by atoms with Crippen LogP contribution in [0.15, 0.2) is 0 Å². The predicted molar refractivity (Wildman–Crippen MR) is 63.8 cm³/mol. The first-order valence-corrected chi connectivity index (χ1v) is 6.32. The molecule has 0 spiro atoms. The van der Waals surface area contributed by atoms with Gasteiger partial charge in [-0.1, -0.05) is 0 Å². The first-order chi connectivity index (χ1) is 7.93. The molecule has 1 fully saturated rings. The van der Waals surface area contributed by atoms with Gasteiger partial charge in [0.1, 0.15) is 0 Å². The second-order valence-electron chi connectivity index (χ2n) is 4.15. The standard InChI is InChI=1S/C12H25NO3/c1-14-9-10-15-7-4-6-13-11-12-5-2-3-8-16-12/h12-13H,2-11H2,1H3. The molecule has 1 saturated heterocycles. The molecule has 0 radical (unpaired) electrons. The highest BCUT2D eigenvalue weighted by Gasteiger charge is 2.12. The van der Waals surface area contributed by atoms with Gasteiger partial charge >= 0.3 is 0 Å². The van der Waals surface area contributed by atoms with Crippen LogP contribution in [0, 0.1) is 0 Å². The number of methoxy groups -OCH3 is 1. The summed E-state index contributed by atoms with van der Waals surface area (Å²) in [5, 5.41) is 3.41. The predicted octanol–water partition coefficient (Wildman–Crippen LogP) is 1.20. The van der Waals surface area contributed by atoms with Gasteiger partial charge in [-0.15, -0.1) is 0 Å². The van der Waals surface area contributed by atoms with Gasteiger partial charge < -0.3 is 19.5 Å². The van der Waals surface area contributed by atoms with Gasteiger partial charge in [0.25, 0.3) is 0 Å². The van der Waals surface area contributed by atoms with E-state index in [9.17, 15) is 0 Å². The summed E-state index contributed by atoms with van der Waals surface area (Å²) >= 11 is 0. The van der Waals surface area contributed by atoms with E-state index in [1.807, 2.05) is 0 Å². The highest BCUT2D eigenvalue weighted by molar-refractivity contribution is 4.66. The fourth-order valence-electron chi connectivity index (χ4n) is 1.77. The zero-order chi connectivity index (χ0) is 11.5. The molecule has 96 valence electrons. The van der Waals surface area contributed by atoms with Crippen molar-refractivity contribution in [2.45, 2.75) is 31.8 Å². The Morgan fingerprint density at radius 1 is 1.25 bits per heavy atom. The molecule has 16 heavy (non-hydrogen) atoms. The molecule has 1 atom stereocenters. The summed E-state index contributed by atoms with van der Waals surface area (Å²) in [6.07, 6.45) is 5.23. The first kappa shape index (κ1) is 13.9. The molecule has 0 saturated carbocycles. The maximum absolute atomic E-state index is 5.63. The average Bonchev–Trinajstić information content (AvgIpc) is 2.34. The van der Waals surface area contributed by atoms with Crippen LogP contribution in [-0.4, -0.2) is 52.7 Å². The van der Waals surface area contributed by atoms with Crippen LogP contribution in [0.25, 0.3) is 0 Å². The van der Waals surface area contributed by atoms with Crippen molar-refractivity contribution in [3.63, 3.8) is 0 Å². The number of ether oxygens (including phenoxy) is 3. The third-order valence-electron chi connectivity index (χ3n) is 2.72. The minimum Gasteiger partial charge on any atom is -0.382 e. The summed E-state index contributed by atoms with van der Waals surface area (Å²) in [6.45, 7) is 5.12. The van der Waals surface area contributed by atoms with Crippen molar-refractivity contribution in [3.8, 4) is 0 Å². The van der Waals surface area contributed by atoms with Gasteiger partial charge in [0.15, 0.2) is 0 Å². The largest absolute Gasteiger partial charge is 0.382 e. The molecule has 4 nitrogen and oxygen atoms in total. The van der Waals surface area contributed by atoms with Crippen molar-refractivity contribution in [1.82, 2.24) is 5.32 Å². The summed E-state index contributed by atoms with van der Waals surface area (Å²) in [6, 6.07) is 0. The molecule has 0 bridgehead atoms. The molecule has 1 rings (SSSR count). The Labute approximate surface area is 98.6 Å². The van der Waals surface area contributed by atoms with Crippen molar-refractivity contribution in [3.05, 3.63) is 0 Å². The van der Waals surface area contributed by atoms with Crippen LogP contribution < -0.4 is 5.32 Å². The van der Waals surface area contributed by atoms with Crippen LogP contribution in [0.4, 0.5) is 0 Å². The van der Waals surface area contributed by atoms with Gasteiger partial charge in [0, 0.05) is 26.9 Å². The maximum Gasteiger partial charge on any atom is 0.0700 e. The Morgan fingerprint density at radius 2 is 2.19 bits per heavy atom. The Hall–Kier alpha value is -0.160. The Balaban J connectivity index is 1.77. The lowest BCUT2D eigenvalue weighted by Gasteiger charge is -2.22. The molecule has 0 amide bonds. The van der Waals surface area contributed by atoms with Gasteiger partial charge in [0.2, 0.25) is 0 Å². The second-order valence-corrected chi connectivity index (χ2v) is 4.15. The zero-order valence-corrected chi connectivity index (χ0v) is 10.4. The van der Waals surface area contributed by atoms with Crippen molar-refractivity contribution >= 4 is 0 Å². The van der Waals surface area contributed by atoms with E-state index in [2.05, 4.69) is 5.32 Å². The molecule has 0 aliphatic carbocycles. The van der Waals surface area contributed by atoms with Crippen LogP contribution in [0.3, 0.4) is 0 Å². The molecular formula is C12H25NO3.